The molecule has 3 heterocycles. The molecule has 0 saturated carbocycles. The van der Waals surface area contributed by atoms with Crippen molar-refractivity contribution in [2.24, 2.45) is 0 Å². The van der Waals surface area contributed by atoms with Crippen LogP contribution in [0.1, 0.15) is 65.5 Å². The van der Waals surface area contributed by atoms with Crippen molar-refractivity contribution < 1.29 is 28.4 Å². The molecule has 0 spiro atoms. The van der Waals surface area contributed by atoms with Crippen molar-refractivity contribution in [1.29, 1.82) is 0 Å². The largest absolute Gasteiger partial charge is 0.358 e. The quantitative estimate of drug-likeness (QED) is 0.495. The van der Waals surface area contributed by atoms with Gasteiger partial charge < -0.3 is 28.4 Å². The fraction of sp³-hybridized carbons (Fsp3) is 0.680. The Balaban J connectivity index is 1.49. The lowest BCUT2D eigenvalue weighted by atomic mass is 9.99. The van der Waals surface area contributed by atoms with Gasteiger partial charge in [-0.3, -0.25) is 0 Å². The molecule has 1 aromatic rings. The van der Waals surface area contributed by atoms with Crippen LogP contribution < -0.4 is 0 Å². The molecule has 0 N–H and O–H groups in total. The van der Waals surface area contributed by atoms with Gasteiger partial charge in [-0.05, 0) is 39.7 Å². The number of fused-ring (bicyclic) bond motifs is 3. The van der Waals surface area contributed by atoms with E-state index in [1.807, 2.05) is 58.0 Å². The van der Waals surface area contributed by atoms with Crippen molar-refractivity contribution in [3.63, 3.8) is 0 Å². The summed E-state index contributed by atoms with van der Waals surface area (Å²) in [5, 5.41) is 0. The summed E-state index contributed by atoms with van der Waals surface area (Å²) in [5.41, 5.74) is 1.03. The molecule has 4 rings (SSSR count). The van der Waals surface area contributed by atoms with Gasteiger partial charge in [-0.1, -0.05) is 49.6 Å². The van der Waals surface area contributed by atoms with Crippen LogP contribution in [0.3, 0.4) is 0 Å². The molecule has 0 radical (unpaired) electrons. The van der Waals surface area contributed by atoms with Gasteiger partial charge in [-0.25, -0.2) is 0 Å². The van der Waals surface area contributed by atoms with Crippen LogP contribution in [0.4, 0.5) is 0 Å². The van der Waals surface area contributed by atoms with Gasteiger partial charge >= 0.3 is 0 Å². The smallest absolute Gasteiger partial charge is 0.190 e. The van der Waals surface area contributed by atoms with Gasteiger partial charge in [-0.2, -0.15) is 0 Å². The van der Waals surface area contributed by atoms with Crippen molar-refractivity contribution >= 4 is 0 Å². The van der Waals surface area contributed by atoms with Crippen LogP contribution >= 0.6 is 0 Å². The zero-order chi connectivity index (χ0) is 22.1. The van der Waals surface area contributed by atoms with Gasteiger partial charge in [0.25, 0.3) is 0 Å². The summed E-state index contributed by atoms with van der Waals surface area (Å²) < 4.78 is 37.0. The van der Waals surface area contributed by atoms with E-state index in [2.05, 4.69) is 18.8 Å². The predicted molar refractivity (Wildman–Crippen MR) is 115 cm³/mol. The first-order valence-electron chi connectivity index (χ1n) is 11.3. The zero-order valence-corrected chi connectivity index (χ0v) is 19.1. The molecule has 6 atom stereocenters. The van der Waals surface area contributed by atoms with Gasteiger partial charge in [-0.15, -0.1) is 5.92 Å². The van der Waals surface area contributed by atoms with Gasteiger partial charge in [0.15, 0.2) is 17.9 Å². The van der Waals surface area contributed by atoms with Gasteiger partial charge in [0.05, 0.1) is 6.61 Å². The minimum Gasteiger partial charge on any atom is -0.358 e. The van der Waals surface area contributed by atoms with E-state index in [0.717, 1.165) is 24.8 Å². The summed E-state index contributed by atoms with van der Waals surface area (Å²) in [6, 6.07) is 10.1. The van der Waals surface area contributed by atoms with E-state index in [9.17, 15) is 0 Å². The van der Waals surface area contributed by atoms with Gasteiger partial charge in [0.2, 0.25) is 0 Å². The summed E-state index contributed by atoms with van der Waals surface area (Å²) in [7, 11) is 0. The van der Waals surface area contributed by atoms with Crippen LogP contribution in [0, 0.1) is 11.8 Å². The first kappa shape index (κ1) is 22.7. The van der Waals surface area contributed by atoms with Crippen LogP contribution in [0.15, 0.2) is 30.3 Å². The standard InChI is InChI=1S/C25H34O6/c1-6-7-8-12-15-18(17-13-10-9-11-14-17)26-16-19-20-21(29-24(2,3)28-20)22-23(27-19)31-25(4,5)30-22/h9-11,13-14,18-23H,6-8,16H2,1-5H3/t18?,19-,20+,21+,22-,23-/m1/s1. The molecular weight excluding hydrogens is 396 g/mol. The lowest BCUT2D eigenvalue weighted by Crippen LogP contribution is -2.56. The second kappa shape index (κ2) is 9.19. The molecule has 6 nitrogen and oxygen atoms in total. The highest BCUT2D eigenvalue weighted by molar-refractivity contribution is 5.25. The molecule has 31 heavy (non-hydrogen) atoms. The molecular formula is C25H34O6. The third-order valence-electron chi connectivity index (χ3n) is 5.67. The average molecular weight is 431 g/mol. The van der Waals surface area contributed by atoms with Crippen LogP contribution in [-0.4, -0.2) is 48.9 Å². The highest BCUT2D eigenvalue weighted by Gasteiger charge is 2.60. The molecule has 3 fully saturated rings. The molecule has 3 aliphatic heterocycles. The number of hydrogen-bond donors (Lipinski definition) is 0. The molecule has 1 aromatic carbocycles. The SMILES string of the molecule is CCCCC#CC(OC[C@H]1O[C@@H]2OC(C)(C)O[C@@H]2[C@H]2OC(C)(C)O[C@H]21)c1ccccc1. The maximum atomic E-state index is 6.29. The minimum atomic E-state index is -0.733. The first-order valence-corrected chi connectivity index (χ1v) is 11.3. The number of ether oxygens (including phenoxy) is 6. The Bertz CT molecular complexity index is 795. The van der Waals surface area contributed by atoms with E-state index >= 15 is 0 Å². The molecule has 3 aliphatic rings. The van der Waals surface area contributed by atoms with E-state index in [0.29, 0.717) is 6.61 Å². The normalized spacial score (nSPS) is 33.8. The van der Waals surface area contributed by atoms with E-state index in [1.54, 1.807) is 0 Å². The second-order valence-corrected chi connectivity index (χ2v) is 9.26. The number of unbranched alkanes of at least 4 members (excludes halogenated alkanes) is 2. The molecule has 1 unspecified atom stereocenters. The van der Waals surface area contributed by atoms with Gasteiger partial charge in [0, 0.05) is 6.42 Å². The predicted octanol–water partition coefficient (Wildman–Crippen LogP) is 4.33. The lowest BCUT2D eigenvalue weighted by molar-refractivity contribution is -0.244. The third-order valence-corrected chi connectivity index (χ3v) is 5.67. The summed E-state index contributed by atoms with van der Waals surface area (Å²) in [6.07, 6.45) is 0.944. The fourth-order valence-electron chi connectivity index (χ4n) is 4.30. The molecule has 6 heteroatoms. The number of benzene rings is 1. The van der Waals surface area contributed by atoms with Crippen LogP contribution in [-0.2, 0) is 28.4 Å². The molecule has 0 aromatic heterocycles. The Labute approximate surface area is 185 Å². The van der Waals surface area contributed by atoms with Crippen molar-refractivity contribution in [3.8, 4) is 11.8 Å². The monoisotopic (exact) mass is 430 g/mol. The summed E-state index contributed by atoms with van der Waals surface area (Å²) >= 11 is 0. The minimum absolute atomic E-state index is 0.282. The summed E-state index contributed by atoms with van der Waals surface area (Å²) in [6.45, 7) is 10.1. The van der Waals surface area contributed by atoms with Crippen molar-refractivity contribution in [1.82, 2.24) is 0 Å². The molecule has 0 aliphatic carbocycles. The maximum absolute atomic E-state index is 6.29. The van der Waals surface area contributed by atoms with E-state index in [4.69, 9.17) is 28.4 Å². The molecule has 0 bridgehead atoms. The van der Waals surface area contributed by atoms with Crippen molar-refractivity contribution in [2.45, 2.75) is 102 Å². The molecule has 0 amide bonds. The Morgan fingerprint density at radius 1 is 0.935 bits per heavy atom. The van der Waals surface area contributed by atoms with Gasteiger partial charge in [0.1, 0.15) is 30.5 Å². The Hall–Kier alpha value is -1.46. The van der Waals surface area contributed by atoms with Crippen LogP contribution in [0.25, 0.3) is 0 Å². The second-order valence-electron chi connectivity index (χ2n) is 9.26. The molecule has 3 saturated heterocycles. The van der Waals surface area contributed by atoms with E-state index < -0.39 is 17.9 Å². The number of rotatable bonds is 6. The zero-order valence-electron chi connectivity index (χ0n) is 19.1. The van der Waals surface area contributed by atoms with Crippen LogP contribution in [0.5, 0.6) is 0 Å². The highest BCUT2D eigenvalue weighted by atomic mass is 16.9. The average Bonchev–Trinajstić information content (AvgIpc) is 3.22. The lowest BCUT2D eigenvalue weighted by Gasteiger charge is -2.37. The van der Waals surface area contributed by atoms with Crippen LogP contribution in [0.2, 0.25) is 0 Å². The van der Waals surface area contributed by atoms with Crippen molar-refractivity contribution in [2.75, 3.05) is 6.61 Å². The maximum Gasteiger partial charge on any atom is 0.190 e. The Morgan fingerprint density at radius 3 is 2.35 bits per heavy atom. The topological polar surface area (TPSA) is 55.4 Å². The Morgan fingerprint density at radius 2 is 1.61 bits per heavy atom. The van der Waals surface area contributed by atoms with E-state index in [-0.39, 0.29) is 30.5 Å². The van der Waals surface area contributed by atoms with E-state index in [1.165, 1.54) is 0 Å². The fourth-order valence-corrected chi connectivity index (χ4v) is 4.30. The number of hydrogen-bond acceptors (Lipinski definition) is 6. The summed E-state index contributed by atoms with van der Waals surface area (Å²) in [5.74, 6) is 5.10. The third kappa shape index (κ3) is 5.31. The first-order chi connectivity index (χ1) is 14.8. The highest BCUT2D eigenvalue weighted by Crippen LogP contribution is 2.44. The summed E-state index contributed by atoms with van der Waals surface area (Å²) in [4.78, 5) is 0. The van der Waals surface area contributed by atoms with Crippen molar-refractivity contribution in [3.05, 3.63) is 35.9 Å². The Kier molecular flexibility index (Phi) is 6.73. The molecule has 170 valence electrons.